The highest BCUT2D eigenvalue weighted by atomic mass is 19.3. The number of benzene rings is 1. The first-order valence-corrected chi connectivity index (χ1v) is 14.0. The van der Waals surface area contributed by atoms with Gasteiger partial charge in [0, 0.05) is 25.1 Å². The number of rotatable bonds is 12. The predicted octanol–water partition coefficient (Wildman–Crippen LogP) is 2.64. The molecule has 1 aromatic carbocycles. The minimum atomic E-state index is -2.96. The van der Waals surface area contributed by atoms with E-state index in [0.717, 1.165) is 25.7 Å². The number of carboxylic acids is 1. The van der Waals surface area contributed by atoms with Gasteiger partial charge in [0.15, 0.2) is 0 Å². The highest BCUT2D eigenvalue weighted by molar-refractivity contribution is 5.93. The van der Waals surface area contributed by atoms with E-state index in [9.17, 15) is 41.8 Å². The number of nitrogens with zero attached hydrogens (tertiary/aromatic N) is 1. The molecule has 1 aromatic rings. The van der Waals surface area contributed by atoms with Crippen LogP contribution in [0.15, 0.2) is 12.1 Å². The number of aliphatic hydroxyl groups is 1. The van der Waals surface area contributed by atoms with E-state index in [1.165, 1.54) is 4.90 Å². The number of aliphatic hydroxyl groups excluding tert-OH is 1. The molecule has 2 aliphatic carbocycles. The van der Waals surface area contributed by atoms with E-state index in [4.69, 9.17) is 5.11 Å². The van der Waals surface area contributed by atoms with Crippen molar-refractivity contribution in [3.8, 4) is 0 Å². The standard InChI is InChI=1S/C28H35F4N3O6/c29-19-9-16(28(40)41)10-20(30)18(19)7-8-33-25(37)21(12-23(31)32)34-26(38)22-11-17(14-3-1-2-4-14)13-35(22)27(39)24(36)15-5-6-15/h9-10,14-15,17,21-24,36H,1-8,11-13H2,(H,33,37)(H,34,38)(H,40,41)/t17-,21+,22-,24?/m1/s1. The van der Waals surface area contributed by atoms with Crippen LogP contribution in [-0.2, 0) is 20.8 Å². The Morgan fingerprint density at radius 3 is 2.20 bits per heavy atom. The quantitative estimate of drug-likeness (QED) is 0.279. The van der Waals surface area contributed by atoms with Crippen LogP contribution < -0.4 is 10.6 Å². The lowest BCUT2D eigenvalue weighted by atomic mass is 9.89. The van der Waals surface area contributed by atoms with Crippen LogP contribution in [0.1, 0.15) is 67.3 Å². The number of carbonyl (C=O) groups is 4. The van der Waals surface area contributed by atoms with Crippen LogP contribution in [0.5, 0.6) is 0 Å². The van der Waals surface area contributed by atoms with Gasteiger partial charge in [-0.1, -0.05) is 25.7 Å². The molecule has 0 bridgehead atoms. The van der Waals surface area contributed by atoms with E-state index in [2.05, 4.69) is 10.6 Å². The smallest absolute Gasteiger partial charge is 0.335 e. The monoisotopic (exact) mass is 585 g/mol. The van der Waals surface area contributed by atoms with Gasteiger partial charge in [0.2, 0.25) is 18.2 Å². The lowest BCUT2D eigenvalue weighted by Crippen LogP contribution is -2.55. The van der Waals surface area contributed by atoms with Crippen LogP contribution in [0, 0.1) is 29.4 Å². The van der Waals surface area contributed by atoms with Gasteiger partial charge in [-0.15, -0.1) is 0 Å². The van der Waals surface area contributed by atoms with Crippen molar-refractivity contribution in [3.63, 3.8) is 0 Å². The summed E-state index contributed by atoms with van der Waals surface area (Å²) in [6.07, 6.45) is 0.105. The number of hydrogen-bond donors (Lipinski definition) is 4. The first kappa shape index (κ1) is 30.7. The molecule has 4 atom stereocenters. The number of amides is 3. The molecule has 3 aliphatic rings. The summed E-state index contributed by atoms with van der Waals surface area (Å²) in [5, 5.41) is 24.0. The molecule has 13 heteroatoms. The zero-order chi connectivity index (χ0) is 29.8. The summed E-state index contributed by atoms with van der Waals surface area (Å²) in [7, 11) is 0. The summed E-state index contributed by atoms with van der Waals surface area (Å²) in [5.74, 6) is -5.96. The molecular formula is C28H35F4N3O6. The van der Waals surface area contributed by atoms with Crippen molar-refractivity contribution in [1.82, 2.24) is 15.5 Å². The van der Waals surface area contributed by atoms with E-state index < -0.39 is 83.9 Å². The van der Waals surface area contributed by atoms with Crippen LogP contribution in [0.4, 0.5) is 17.6 Å². The molecule has 3 amide bonds. The number of carbonyl (C=O) groups excluding carboxylic acids is 3. The predicted molar refractivity (Wildman–Crippen MR) is 137 cm³/mol. The highest BCUT2D eigenvalue weighted by Gasteiger charge is 2.47. The molecule has 3 fully saturated rings. The van der Waals surface area contributed by atoms with Crippen molar-refractivity contribution in [2.45, 2.75) is 82.4 Å². The summed E-state index contributed by atoms with van der Waals surface area (Å²) < 4.78 is 55.1. The zero-order valence-electron chi connectivity index (χ0n) is 22.5. The second-order valence-corrected chi connectivity index (χ2v) is 11.3. The van der Waals surface area contributed by atoms with Crippen molar-refractivity contribution in [1.29, 1.82) is 0 Å². The maximum Gasteiger partial charge on any atom is 0.335 e. The maximum atomic E-state index is 14.2. The lowest BCUT2D eigenvalue weighted by Gasteiger charge is -2.28. The minimum absolute atomic E-state index is 0.0169. The van der Waals surface area contributed by atoms with Gasteiger partial charge in [-0.05, 0) is 55.6 Å². The molecule has 0 spiro atoms. The Kier molecular flexibility index (Phi) is 9.88. The molecule has 1 unspecified atom stereocenters. The molecule has 0 aromatic heterocycles. The van der Waals surface area contributed by atoms with E-state index >= 15 is 0 Å². The SMILES string of the molecule is O=C(O)c1cc(F)c(CCNC(=O)[C@H](CC(F)F)NC(=O)[C@H]2C[C@@H](C3CCCC3)CN2C(=O)C(O)C2CC2)c(F)c1. The molecular weight excluding hydrogens is 550 g/mol. The summed E-state index contributed by atoms with van der Waals surface area (Å²) in [5.41, 5.74) is -1.08. The molecule has 2 saturated carbocycles. The number of nitrogens with one attached hydrogen (secondary N) is 2. The molecule has 226 valence electrons. The van der Waals surface area contributed by atoms with Crippen LogP contribution in [0.2, 0.25) is 0 Å². The van der Waals surface area contributed by atoms with Crippen molar-refractivity contribution >= 4 is 23.7 Å². The molecule has 4 N–H and O–H groups in total. The fourth-order valence-electron chi connectivity index (χ4n) is 5.99. The summed E-state index contributed by atoms with van der Waals surface area (Å²) in [6, 6.07) is -1.43. The normalized spacial score (nSPS) is 22.5. The largest absolute Gasteiger partial charge is 0.478 e. The number of hydrogen-bond acceptors (Lipinski definition) is 5. The van der Waals surface area contributed by atoms with Crippen molar-refractivity contribution in [3.05, 3.63) is 34.9 Å². The fraction of sp³-hybridized carbons (Fsp3) is 0.643. The maximum absolute atomic E-state index is 14.2. The molecule has 1 aliphatic heterocycles. The number of carboxylic acid groups (broad SMARTS) is 1. The Balaban J connectivity index is 1.41. The van der Waals surface area contributed by atoms with Crippen LogP contribution in [-0.4, -0.2) is 76.5 Å². The minimum Gasteiger partial charge on any atom is -0.478 e. The summed E-state index contributed by atoms with van der Waals surface area (Å²) in [4.78, 5) is 51.5. The molecule has 1 heterocycles. The Labute approximate surface area is 234 Å². The van der Waals surface area contributed by atoms with Gasteiger partial charge in [-0.25, -0.2) is 22.4 Å². The first-order valence-electron chi connectivity index (χ1n) is 14.0. The van der Waals surface area contributed by atoms with Crippen LogP contribution in [0.25, 0.3) is 0 Å². The summed E-state index contributed by atoms with van der Waals surface area (Å²) in [6.45, 7) is -0.102. The molecule has 4 rings (SSSR count). The Morgan fingerprint density at radius 1 is 1.00 bits per heavy atom. The average Bonchev–Trinajstić information content (AvgIpc) is 3.42. The fourth-order valence-corrected chi connectivity index (χ4v) is 5.99. The van der Waals surface area contributed by atoms with E-state index in [-0.39, 0.29) is 24.9 Å². The van der Waals surface area contributed by atoms with Gasteiger partial charge >= 0.3 is 5.97 Å². The number of alkyl halides is 2. The van der Waals surface area contributed by atoms with Gasteiger partial charge in [0.25, 0.3) is 5.91 Å². The lowest BCUT2D eigenvalue weighted by molar-refractivity contribution is -0.146. The Bertz CT molecular complexity index is 1130. The third-order valence-electron chi connectivity index (χ3n) is 8.42. The topological polar surface area (TPSA) is 136 Å². The van der Waals surface area contributed by atoms with Gasteiger partial charge < -0.3 is 25.7 Å². The second kappa shape index (κ2) is 13.2. The third kappa shape index (κ3) is 7.55. The summed E-state index contributed by atoms with van der Waals surface area (Å²) >= 11 is 0. The average molecular weight is 586 g/mol. The van der Waals surface area contributed by atoms with Gasteiger partial charge in [0.05, 0.1) is 5.56 Å². The Hall–Kier alpha value is -3.22. The van der Waals surface area contributed by atoms with E-state index in [1.807, 2.05) is 0 Å². The van der Waals surface area contributed by atoms with Crippen molar-refractivity contribution in [2.24, 2.45) is 17.8 Å². The van der Waals surface area contributed by atoms with Crippen LogP contribution in [0.3, 0.4) is 0 Å². The Morgan fingerprint density at radius 2 is 1.63 bits per heavy atom. The first-order chi connectivity index (χ1) is 19.5. The third-order valence-corrected chi connectivity index (χ3v) is 8.42. The molecule has 41 heavy (non-hydrogen) atoms. The van der Waals surface area contributed by atoms with Gasteiger partial charge in [-0.2, -0.15) is 0 Å². The number of aromatic carboxylic acids is 1. The number of halogens is 4. The van der Waals surface area contributed by atoms with Crippen LogP contribution >= 0.6 is 0 Å². The van der Waals surface area contributed by atoms with E-state index in [1.54, 1.807) is 0 Å². The van der Waals surface area contributed by atoms with Gasteiger partial charge in [0.1, 0.15) is 29.8 Å². The molecule has 9 nitrogen and oxygen atoms in total. The highest BCUT2D eigenvalue weighted by Crippen LogP contribution is 2.40. The van der Waals surface area contributed by atoms with Crippen molar-refractivity contribution in [2.75, 3.05) is 13.1 Å². The second-order valence-electron chi connectivity index (χ2n) is 11.3. The van der Waals surface area contributed by atoms with Crippen molar-refractivity contribution < 1.29 is 47.0 Å². The molecule has 0 radical (unpaired) electrons. The van der Waals surface area contributed by atoms with E-state index in [0.29, 0.717) is 37.3 Å². The van der Waals surface area contributed by atoms with Gasteiger partial charge in [-0.3, -0.25) is 14.4 Å². The molecule has 1 saturated heterocycles. The number of likely N-dealkylation sites (tertiary alicyclic amines) is 1. The zero-order valence-corrected chi connectivity index (χ0v) is 22.5.